The number of amides is 1. The Labute approximate surface area is 159 Å². The molecule has 0 unspecified atom stereocenters. The van der Waals surface area contributed by atoms with Gasteiger partial charge < -0.3 is 0 Å². The lowest BCUT2D eigenvalue weighted by atomic mass is 10.2. The normalized spacial score (nSPS) is 11.5. The summed E-state index contributed by atoms with van der Waals surface area (Å²) in [6.45, 7) is -0.406. The summed E-state index contributed by atoms with van der Waals surface area (Å²) >= 11 is 9.21. The molecule has 0 atom stereocenters. The Morgan fingerprint density at radius 2 is 1.96 bits per heavy atom. The van der Waals surface area contributed by atoms with Crippen LogP contribution in [0, 0.1) is 0 Å². The van der Waals surface area contributed by atoms with E-state index in [2.05, 4.69) is 26.5 Å². The highest BCUT2D eigenvalue weighted by molar-refractivity contribution is 9.10. The lowest BCUT2D eigenvalue weighted by Crippen LogP contribution is -2.39. The number of carbonyl (C=O) groups excluding carboxylic acids is 1. The van der Waals surface area contributed by atoms with Crippen LogP contribution in [-0.4, -0.2) is 33.3 Å². The number of halogens is 2. The fourth-order valence-corrected chi connectivity index (χ4v) is 3.22. The van der Waals surface area contributed by atoms with Crippen molar-refractivity contribution in [3.63, 3.8) is 0 Å². The molecule has 0 heterocycles. The van der Waals surface area contributed by atoms with Crippen molar-refractivity contribution in [1.82, 2.24) is 5.43 Å². The quantitative estimate of drug-likeness (QED) is 0.549. The summed E-state index contributed by atoms with van der Waals surface area (Å²) < 4.78 is 25.8. The summed E-state index contributed by atoms with van der Waals surface area (Å²) in [6, 6.07) is 13.6. The van der Waals surface area contributed by atoms with E-state index in [0.29, 0.717) is 10.7 Å². The Hall–Kier alpha value is -1.90. The molecule has 0 aliphatic heterocycles. The second kappa shape index (κ2) is 8.46. The molecule has 132 valence electrons. The van der Waals surface area contributed by atoms with E-state index < -0.39 is 22.5 Å². The van der Waals surface area contributed by atoms with Crippen LogP contribution in [0.25, 0.3) is 0 Å². The molecule has 0 saturated heterocycles. The van der Waals surface area contributed by atoms with Gasteiger partial charge >= 0.3 is 0 Å². The highest BCUT2D eigenvalue weighted by Crippen LogP contribution is 2.21. The Morgan fingerprint density at radius 1 is 1.28 bits per heavy atom. The number of rotatable bonds is 6. The average Bonchev–Trinajstić information content (AvgIpc) is 2.53. The minimum Gasteiger partial charge on any atom is -0.271 e. The van der Waals surface area contributed by atoms with Crippen LogP contribution in [0.4, 0.5) is 5.69 Å². The molecule has 2 rings (SSSR count). The average molecular weight is 445 g/mol. The van der Waals surface area contributed by atoms with Gasteiger partial charge in [-0.1, -0.05) is 45.7 Å². The van der Waals surface area contributed by atoms with Crippen LogP contribution in [0.3, 0.4) is 0 Å². The van der Waals surface area contributed by atoms with Crippen LogP contribution in [0.2, 0.25) is 5.02 Å². The molecule has 9 heteroatoms. The van der Waals surface area contributed by atoms with Gasteiger partial charge in [0.2, 0.25) is 10.0 Å². The molecule has 0 spiro atoms. The lowest BCUT2D eigenvalue weighted by Gasteiger charge is -2.21. The van der Waals surface area contributed by atoms with Gasteiger partial charge in [0.15, 0.2) is 0 Å². The maximum Gasteiger partial charge on any atom is 0.260 e. The van der Waals surface area contributed by atoms with E-state index in [1.807, 2.05) is 24.3 Å². The third kappa shape index (κ3) is 6.15. The first-order chi connectivity index (χ1) is 11.8. The van der Waals surface area contributed by atoms with E-state index >= 15 is 0 Å². The molecule has 0 aliphatic rings. The largest absolute Gasteiger partial charge is 0.271 e. The van der Waals surface area contributed by atoms with Crippen molar-refractivity contribution in [2.45, 2.75) is 0 Å². The summed E-state index contributed by atoms with van der Waals surface area (Å²) in [5, 5.41) is 4.20. The van der Waals surface area contributed by atoms with E-state index in [1.54, 1.807) is 18.2 Å². The standard InChI is InChI=1S/C16H15BrClN3O3S/c1-25(23,24)21(15-4-2-3-14(18)9-15)11-16(22)20-19-10-12-5-7-13(17)8-6-12/h2-10H,11H2,1H3,(H,20,22)/b19-10-. The molecule has 1 amide bonds. The molecule has 0 aromatic heterocycles. The van der Waals surface area contributed by atoms with Gasteiger partial charge in [-0.3, -0.25) is 9.10 Å². The summed E-state index contributed by atoms with van der Waals surface area (Å²) in [5.74, 6) is -0.571. The number of sulfonamides is 1. The zero-order valence-corrected chi connectivity index (χ0v) is 16.3. The van der Waals surface area contributed by atoms with Gasteiger partial charge in [-0.05, 0) is 35.9 Å². The van der Waals surface area contributed by atoms with Crippen LogP contribution in [0.5, 0.6) is 0 Å². The Morgan fingerprint density at radius 3 is 2.56 bits per heavy atom. The van der Waals surface area contributed by atoms with Crippen LogP contribution in [0.1, 0.15) is 5.56 Å². The minimum atomic E-state index is -3.65. The van der Waals surface area contributed by atoms with Gasteiger partial charge in [0.1, 0.15) is 6.54 Å². The fourth-order valence-electron chi connectivity index (χ4n) is 1.92. The van der Waals surface area contributed by atoms with Crippen LogP contribution in [0.15, 0.2) is 58.1 Å². The van der Waals surface area contributed by atoms with Gasteiger partial charge in [-0.25, -0.2) is 13.8 Å². The van der Waals surface area contributed by atoms with Gasteiger partial charge in [0.25, 0.3) is 5.91 Å². The third-order valence-corrected chi connectivity index (χ3v) is 4.96. The molecule has 2 aromatic rings. The Balaban J connectivity index is 2.06. The molecule has 0 fully saturated rings. The van der Waals surface area contributed by atoms with E-state index in [4.69, 9.17) is 11.6 Å². The SMILES string of the molecule is CS(=O)(=O)N(CC(=O)N/N=C\c1ccc(Br)cc1)c1cccc(Cl)c1. The van der Waals surface area contributed by atoms with Crippen molar-refractivity contribution >= 4 is 55.4 Å². The van der Waals surface area contributed by atoms with Gasteiger partial charge in [-0.2, -0.15) is 5.10 Å². The summed E-state index contributed by atoms with van der Waals surface area (Å²) in [7, 11) is -3.65. The molecule has 2 aromatic carbocycles. The number of hydrazone groups is 1. The van der Waals surface area contributed by atoms with Gasteiger partial charge in [-0.15, -0.1) is 0 Å². The number of carbonyl (C=O) groups is 1. The maximum absolute atomic E-state index is 12.0. The highest BCUT2D eigenvalue weighted by Gasteiger charge is 2.20. The van der Waals surface area contributed by atoms with Crippen molar-refractivity contribution in [2.75, 3.05) is 17.1 Å². The van der Waals surface area contributed by atoms with E-state index in [1.165, 1.54) is 12.3 Å². The van der Waals surface area contributed by atoms with Crippen LogP contribution < -0.4 is 9.73 Å². The number of nitrogens with one attached hydrogen (secondary N) is 1. The predicted octanol–water partition coefficient (Wildman–Crippen LogP) is 3.02. The van der Waals surface area contributed by atoms with Crippen molar-refractivity contribution in [3.8, 4) is 0 Å². The van der Waals surface area contributed by atoms with E-state index in [-0.39, 0.29) is 0 Å². The molecule has 6 nitrogen and oxygen atoms in total. The van der Waals surface area contributed by atoms with Crippen molar-refractivity contribution < 1.29 is 13.2 Å². The fraction of sp³-hybridized carbons (Fsp3) is 0.125. The second-order valence-electron chi connectivity index (χ2n) is 5.09. The van der Waals surface area contributed by atoms with E-state index in [0.717, 1.165) is 20.6 Å². The minimum absolute atomic E-state index is 0.307. The second-order valence-corrected chi connectivity index (χ2v) is 8.35. The van der Waals surface area contributed by atoms with Crippen molar-refractivity contribution in [1.29, 1.82) is 0 Å². The first-order valence-electron chi connectivity index (χ1n) is 7.06. The van der Waals surface area contributed by atoms with E-state index in [9.17, 15) is 13.2 Å². The molecule has 0 bridgehead atoms. The summed E-state index contributed by atoms with van der Waals surface area (Å²) in [5.41, 5.74) is 3.41. The smallest absolute Gasteiger partial charge is 0.260 e. The number of hydrogen-bond donors (Lipinski definition) is 1. The predicted molar refractivity (Wildman–Crippen MR) is 104 cm³/mol. The monoisotopic (exact) mass is 443 g/mol. The Kier molecular flexibility index (Phi) is 6.57. The molecule has 0 aliphatic carbocycles. The zero-order chi connectivity index (χ0) is 18.4. The first kappa shape index (κ1) is 19.4. The number of benzene rings is 2. The molecule has 25 heavy (non-hydrogen) atoms. The maximum atomic E-state index is 12.0. The molecule has 0 radical (unpaired) electrons. The molecular weight excluding hydrogens is 430 g/mol. The summed E-state index contributed by atoms with van der Waals surface area (Å²) in [4.78, 5) is 12.0. The van der Waals surface area contributed by atoms with Crippen molar-refractivity contribution in [3.05, 3.63) is 63.6 Å². The first-order valence-corrected chi connectivity index (χ1v) is 10.1. The third-order valence-electron chi connectivity index (χ3n) is 3.06. The molecule has 1 N–H and O–H groups in total. The molecule has 0 saturated carbocycles. The van der Waals surface area contributed by atoms with Crippen LogP contribution >= 0.6 is 27.5 Å². The van der Waals surface area contributed by atoms with Gasteiger partial charge in [0.05, 0.1) is 18.2 Å². The zero-order valence-electron chi connectivity index (χ0n) is 13.2. The number of anilines is 1. The topological polar surface area (TPSA) is 78.8 Å². The van der Waals surface area contributed by atoms with Crippen LogP contribution in [-0.2, 0) is 14.8 Å². The lowest BCUT2D eigenvalue weighted by molar-refractivity contribution is -0.119. The Bertz CT molecular complexity index is 886. The highest BCUT2D eigenvalue weighted by atomic mass is 79.9. The van der Waals surface area contributed by atoms with Gasteiger partial charge in [0, 0.05) is 9.50 Å². The summed E-state index contributed by atoms with van der Waals surface area (Å²) in [6.07, 6.45) is 2.49. The van der Waals surface area contributed by atoms with Crippen molar-refractivity contribution in [2.24, 2.45) is 5.10 Å². The number of nitrogens with zero attached hydrogens (tertiary/aromatic N) is 2. The number of hydrogen-bond acceptors (Lipinski definition) is 4. The molecular formula is C16H15BrClN3O3S.